The van der Waals surface area contributed by atoms with Gasteiger partial charge in [-0.15, -0.1) is 0 Å². The summed E-state index contributed by atoms with van der Waals surface area (Å²) in [6, 6.07) is 0. The first-order chi connectivity index (χ1) is 10.9. The van der Waals surface area contributed by atoms with E-state index in [2.05, 4.69) is 6.92 Å². The van der Waals surface area contributed by atoms with Crippen LogP contribution >= 0.6 is 0 Å². The summed E-state index contributed by atoms with van der Waals surface area (Å²) in [6.45, 7) is 4.21. The van der Waals surface area contributed by atoms with Crippen molar-refractivity contribution in [1.82, 2.24) is 0 Å². The minimum Gasteiger partial charge on any atom is -0.393 e. The van der Waals surface area contributed by atoms with Gasteiger partial charge in [-0.1, -0.05) is 78.1 Å². The molecule has 0 aromatic carbocycles. The van der Waals surface area contributed by atoms with E-state index < -0.39 is 15.4 Å². The van der Waals surface area contributed by atoms with Crippen LogP contribution in [-0.4, -0.2) is 29.4 Å². The summed E-state index contributed by atoms with van der Waals surface area (Å²) in [6.07, 6.45) is 13.1. The van der Waals surface area contributed by atoms with Crippen LogP contribution in [0, 0.1) is 0 Å². The maximum atomic E-state index is 11.3. The fourth-order valence-electron chi connectivity index (χ4n) is 2.93. The minimum absolute atomic E-state index is 0.179. The van der Waals surface area contributed by atoms with Gasteiger partial charge in [0.15, 0.2) is 0 Å². The van der Waals surface area contributed by atoms with Crippen molar-refractivity contribution < 1.29 is 18.1 Å². The van der Waals surface area contributed by atoms with Gasteiger partial charge in [0.1, 0.15) is 0 Å². The van der Waals surface area contributed by atoms with Crippen molar-refractivity contribution in [3.8, 4) is 0 Å². The molecule has 0 aliphatic heterocycles. The van der Waals surface area contributed by atoms with E-state index in [-0.39, 0.29) is 6.10 Å². The Morgan fingerprint density at radius 3 is 1.61 bits per heavy atom. The molecule has 140 valence electrons. The molecule has 4 nitrogen and oxygen atoms in total. The van der Waals surface area contributed by atoms with Gasteiger partial charge in [-0.2, -0.15) is 8.42 Å². The Morgan fingerprint density at radius 1 is 0.696 bits per heavy atom. The topological polar surface area (TPSA) is 74.6 Å². The lowest BCUT2D eigenvalue weighted by Crippen LogP contribution is -2.20. The van der Waals surface area contributed by atoms with E-state index in [1.165, 1.54) is 19.3 Å². The van der Waals surface area contributed by atoms with Crippen molar-refractivity contribution >= 4 is 10.1 Å². The highest BCUT2D eigenvalue weighted by molar-refractivity contribution is 7.86. The van der Waals surface area contributed by atoms with Gasteiger partial charge in [0.25, 0.3) is 10.1 Å². The third-order valence-corrected chi connectivity index (χ3v) is 5.82. The highest BCUT2D eigenvalue weighted by atomic mass is 32.2. The van der Waals surface area contributed by atoms with E-state index in [0.29, 0.717) is 12.8 Å². The van der Waals surface area contributed by atoms with Gasteiger partial charge in [-0.3, -0.25) is 4.55 Å². The van der Waals surface area contributed by atoms with Crippen LogP contribution < -0.4 is 0 Å². The number of unbranched alkanes of at least 4 members (excludes halogenated alkanes) is 7. The Labute approximate surface area is 143 Å². The zero-order valence-corrected chi connectivity index (χ0v) is 16.0. The molecule has 0 saturated heterocycles. The van der Waals surface area contributed by atoms with Crippen LogP contribution in [0.15, 0.2) is 0 Å². The monoisotopic (exact) mass is 350 g/mol. The largest absolute Gasteiger partial charge is 0.393 e. The van der Waals surface area contributed by atoms with Crippen molar-refractivity contribution in [1.29, 1.82) is 0 Å². The quantitative estimate of drug-likeness (QED) is 0.300. The molecule has 0 spiro atoms. The Balaban J connectivity index is 3.66. The van der Waals surface area contributed by atoms with E-state index in [1.54, 1.807) is 0 Å². The second kappa shape index (κ2) is 14.2. The van der Waals surface area contributed by atoms with Crippen LogP contribution in [-0.2, 0) is 10.1 Å². The Bertz CT molecular complexity index is 354. The van der Waals surface area contributed by atoms with Gasteiger partial charge in [0.05, 0.1) is 11.4 Å². The molecule has 0 aliphatic carbocycles. The maximum absolute atomic E-state index is 11.3. The van der Waals surface area contributed by atoms with Crippen LogP contribution in [0.3, 0.4) is 0 Å². The molecule has 0 amide bonds. The molecule has 2 N–H and O–H groups in total. The van der Waals surface area contributed by atoms with Crippen molar-refractivity contribution in [2.45, 2.75) is 115 Å². The van der Waals surface area contributed by atoms with E-state index in [4.69, 9.17) is 0 Å². The average molecular weight is 351 g/mol. The van der Waals surface area contributed by atoms with Crippen molar-refractivity contribution in [3.63, 3.8) is 0 Å². The Kier molecular flexibility index (Phi) is 14.2. The first-order valence-corrected chi connectivity index (χ1v) is 11.1. The van der Waals surface area contributed by atoms with Crippen LogP contribution in [0.5, 0.6) is 0 Å². The fourth-order valence-corrected chi connectivity index (χ4v) is 3.86. The lowest BCUT2D eigenvalue weighted by Gasteiger charge is -2.13. The normalized spacial score (nSPS) is 14.8. The SMILES string of the molecule is CCCCCCC(O)CCCCCCC(CCCC)S(=O)(=O)O. The van der Waals surface area contributed by atoms with Gasteiger partial charge >= 0.3 is 0 Å². The summed E-state index contributed by atoms with van der Waals surface area (Å²) < 4.78 is 31.9. The lowest BCUT2D eigenvalue weighted by atomic mass is 10.0. The van der Waals surface area contributed by atoms with Gasteiger partial charge < -0.3 is 5.11 Å². The van der Waals surface area contributed by atoms with Gasteiger partial charge in [0.2, 0.25) is 0 Å². The molecule has 5 heteroatoms. The number of hydrogen-bond acceptors (Lipinski definition) is 3. The summed E-state index contributed by atoms with van der Waals surface area (Å²) in [5, 5.41) is 9.29. The average Bonchev–Trinajstić information content (AvgIpc) is 2.48. The van der Waals surface area contributed by atoms with Crippen LogP contribution in [0.2, 0.25) is 0 Å². The predicted octanol–water partition coefficient (Wildman–Crippen LogP) is 5.10. The van der Waals surface area contributed by atoms with Crippen LogP contribution in [0.1, 0.15) is 104 Å². The highest BCUT2D eigenvalue weighted by Gasteiger charge is 2.21. The molecule has 0 aliphatic rings. The maximum Gasteiger partial charge on any atom is 0.267 e. The molecule has 0 heterocycles. The lowest BCUT2D eigenvalue weighted by molar-refractivity contribution is 0.147. The molecule has 0 saturated carbocycles. The van der Waals surface area contributed by atoms with Gasteiger partial charge in [-0.25, -0.2) is 0 Å². The van der Waals surface area contributed by atoms with E-state index >= 15 is 0 Å². The number of hydrogen-bond donors (Lipinski definition) is 2. The molecule has 2 unspecified atom stereocenters. The number of rotatable bonds is 16. The second-order valence-corrected chi connectivity index (χ2v) is 8.47. The molecule has 0 aromatic rings. The van der Waals surface area contributed by atoms with Crippen molar-refractivity contribution in [2.75, 3.05) is 0 Å². The van der Waals surface area contributed by atoms with E-state index in [0.717, 1.165) is 57.8 Å². The number of aliphatic hydroxyl groups excluding tert-OH is 1. The smallest absolute Gasteiger partial charge is 0.267 e. The van der Waals surface area contributed by atoms with E-state index in [1.807, 2.05) is 6.92 Å². The Morgan fingerprint density at radius 2 is 1.13 bits per heavy atom. The first-order valence-electron chi connectivity index (χ1n) is 9.56. The third kappa shape index (κ3) is 14.0. The minimum atomic E-state index is -3.90. The van der Waals surface area contributed by atoms with Crippen molar-refractivity contribution in [2.24, 2.45) is 0 Å². The number of aliphatic hydroxyl groups is 1. The molecular formula is C18H38O4S. The Hall–Kier alpha value is -0.130. The molecular weight excluding hydrogens is 312 g/mol. The highest BCUT2D eigenvalue weighted by Crippen LogP contribution is 2.18. The molecule has 0 fully saturated rings. The van der Waals surface area contributed by atoms with Crippen LogP contribution in [0.4, 0.5) is 0 Å². The van der Waals surface area contributed by atoms with Gasteiger partial charge in [0, 0.05) is 0 Å². The molecule has 0 aromatic heterocycles. The van der Waals surface area contributed by atoms with Gasteiger partial charge in [-0.05, 0) is 25.7 Å². The molecule has 2 atom stereocenters. The molecule has 0 radical (unpaired) electrons. The third-order valence-electron chi connectivity index (χ3n) is 4.51. The summed E-state index contributed by atoms with van der Waals surface area (Å²) in [4.78, 5) is 0. The summed E-state index contributed by atoms with van der Waals surface area (Å²) in [5.41, 5.74) is 0. The fraction of sp³-hybridized carbons (Fsp3) is 1.00. The summed E-state index contributed by atoms with van der Waals surface area (Å²) >= 11 is 0. The first kappa shape index (κ1) is 22.9. The van der Waals surface area contributed by atoms with Crippen LogP contribution in [0.25, 0.3) is 0 Å². The molecule has 0 rings (SSSR count). The standard InChI is InChI=1S/C18H38O4S/c1-3-5-7-10-13-17(19)14-11-8-9-12-16-18(15-6-4-2)23(20,21)22/h17-19H,3-16H2,1-2H3,(H,20,21,22). The zero-order valence-electron chi connectivity index (χ0n) is 15.2. The summed E-state index contributed by atoms with van der Waals surface area (Å²) in [5.74, 6) is 0. The second-order valence-electron chi connectivity index (χ2n) is 6.77. The summed E-state index contributed by atoms with van der Waals surface area (Å²) in [7, 11) is -3.90. The predicted molar refractivity (Wildman–Crippen MR) is 97.3 cm³/mol. The van der Waals surface area contributed by atoms with Crippen molar-refractivity contribution in [3.05, 3.63) is 0 Å². The van der Waals surface area contributed by atoms with E-state index in [9.17, 15) is 18.1 Å². The zero-order chi connectivity index (χ0) is 17.6. The molecule has 0 bridgehead atoms. The molecule has 23 heavy (non-hydrogen) atoms.